The Bertz CT molecular complexity index is 1190. The Hall–Kier alpha value is -3.26. The van der Waals surface area contributed by atoms with Crippen LogP contribution in [-0.2, 0) is 22.5 Å². The summed E-state index contributed by atoms with van der Waals surface area (Å²) in [5.41, 5.74) is 4.02. The number of hydrogen-bond donors (Lipinski definition) is 0. The zero-order chi connectivity index (χ0) is 28.6. The number of urea groups is 1. The number of ether oxygens (including phenoxy) is 3. The minimum absolute atomic E-state index is 0.00274. The fourth-order valence-electron chi connectivity index (χ4n) is 5.77. The Kier molecular flexibility index (Phi) is 10.0. The molecule has 2 aliphatic heterocycles. The molecule has 0 bridgehead atoms. The van der Waals surface area contributed by atoms with Gasteiger partial charge in [-0.15, -0.1) is 0 Å². The third kappa shape index (κ3) is 7.53. The maximum absolute atomic E-state index is 13.7. The number of carbonyl (C=O) groups excluding carboxylic acids is 2. The molecule has 41 heavy (non-hydrogen) atoms. The van der Waals surface area contributed by atoms with E-state index in [1.807, 2.05) is 32.9 Å². The van der Waals surface area contributed by atoms with Crippen LogP contribution in [-0.4, -0.2) is 74.8 Å². The van der Waals surface area contributed by atoms with E-state index >= 15 is 0 Å². The van der Waals surface area contributed by atoms with Crippen molar-refractivity contribution in [2.45, 2.75) is 70.8 Å². The van der Waals surface area contributed by atoms with Crippen LogP contribution >= 0.6 is 0 Å². The molecule has 2 aromatic rings. The van der Waals surface area contributed by atoms with Crippen molar-refractivity contribution in [3.05, 3.63) is 53.1 Å². The predicted molar refractivity (Wildman–Crippen MR) is 160 cm³/mol. The van der Waals surface area contributed by atoms with Gasteiger partial charge in [0.25, 0.3) is 0 Å². The normalized spacial score (nSPS) is 17.9. The number of nitrogens with zero attached hydrogens (tertiary/aromatic N) is 3. The molecule has 2 heterocycles. The van der Waals surface area contributed by atoms with Gasteiger partial charge in [-0.2, -0.15) is 0 Å². The smallest absolute Gasteiger partial charge is 0.324 e. The molecule has 0 aromatic heterocycles. The van der Waals surface area contributed by atoms with Crippen LogP contribution in [0.3, 0.4) is 0 Å². The maximum Gasteiger partial charge on any atom is 0.324 e. The molecule has 2 saturated heterocycles. The van der Waals surface area contributed by atoms with Crippen LogP contribution in [0.5, 0.6) is 11.5 Å². The van der Waals surface area contributed by atoms with Crippen molar-refractivity contribution in [1.29, 1.82) is 0 Å². The third-order valence-electron chi connectivity index (χ3n) is 8.29. The molecule has 8 heteroatoms. The third-order valence-corrected chi connectivity index (χ3v) is 8.29. The first kappa shape index (κ1) is 29.2. The van der Waals surface area contributed by atoms with Gasteiger partial charge in [-0.1, -0.05) is 38.0 Å². The zero-order valence-corrected chi connectivity index (χ0v) is 24.7. The summed E-state index contributed by atoms with van der Waals surface area (Å²) in [5, 5.41) is 0. The highest BCUT2D eigenvalue weighted by Crippen LogP contribution is 2.45. The first-order valence-electron chi connectivity index (χ1n) is 15.4. The predicted octanol–water partition coefficient (Wildman–Crippen LogP) is 5.77. The SMILES string of the molecule is CCCCCOc1cc(N2CCCN(Cc3ccc(CC(=O)N4CCCOCC4)cc3OC)C2=O)ccc1C1CC1. The molecule has 5 rings (SSSR count). The average molecular weight is 564 g/mol. The molecule has 3 fully saturated rings. The van der Waals surface area contributed by atoms with Crippen molar-refractivity contribution in [3.63, 3.8) is 0 Å². The second-order valence-corrected chi connectivity index (χ2v) is 11.4. The molecule has 8 nitrogen and oxygen atoms in total. The Morgan fingerprint density at radius 1 is 0.976 bits per heavy atom. The van der Waals surface area contributed by atoms with E-state index in [0.29, 0.717) is 64.1 Å². The van der Waals surface area contributed by atoms with Crippen LogP contribution in [0.2, 0.25) is 0 Å². The second kappa shape index (κ2) is 14.1. The van der Waals surface area contributed by atoms with E-state index in [4.69, 9.17) is 14.2 Å². The monoisotopic (exact) mass is 563 g/mol. The molecule has 1 saturated carbocycles. The summed E-state index contributed by atoms with van der Waals surface area (Å²) in [6.45, 7) is 7.41. The minimum Gasteiger partial charge on any atom is -0.496 e. The molecule has 1 aliphatic carbocycles. The molecule has 2 aromatic carbocycles. The van der Waals surface area contributed by atoms with Crippen LogP contribution < -0.4 is 14.4 Å². The lowest BCUT2D eigenvalue weighted by atomic mass is 10.1. The largest absolute Gasteiger partial charge is 0.496 e. The lowest BCUT2D eigenvalue weighted by molar-refractivity contribution is -0.130. The summed E-state index contributed by atoms with van der Waals surface area (Å²) in [6.07, 6.45) is 7.87. The highest BCUT2D eigenvalue weighted by molar-refractivity contribution is 5.93. The van der Waals surface area contributed by atoms with Gasteiger partial charge in [0.2, 0.25) is 5.91 Å². The number of amides is 3. The highest BCUT2D eigenvalue weighted by Gasteiger charge is 2.31. The summed E-state index contributed by atoms with van der Waals surface area (Å²) < 4.78 is 17.4. The number of rotatable bonds is 12. The van der Waals surface area contributed by atoms with E-state index in [1.165, 1.54) is 18.4 Å². The molecule has 222 valence electrons. The summed E-state index contributed by atoms with van der Waals surface area (Å²) in [5.74, 6) is 2.33. The fraction of sp³-hybridized carbons (Fsp3) is 0.576. The maximum atomic E-state index is 13.7. The van der Waals surface area contributed by atoms with Crippen LogP contribution in [0.25, 0.3) is 0 Å². The van der Waals surface area contributed by atoms with Crippen molar-refractivity contribution >= 4 is 17.6 Å². The highest BCUT2D eigenvalue weighted by atomic mass is 16.5. The van der Waals surface area contributed by atoms with Crippen molar-refractivity contribution in [1.82, 2.24) is 9.80 Å². The van der Waals surface area contributed by atoms with E-state index in [1.54, 1.807) is 7.11 Å². The summed E-state index contributed by atoms with van der Waals surface area (Å²) >= 11 is 0. The quantitative estimate of drug-likeness (QED) is 0.307. The topological polar surface area (TPSA) is 71.6 Å². The van der Waals surface area contributed by atoms with Crippen molar-refractivity contribution in [2.75, 3.05) is 58.0 Å². The molecule has 0 atom stereocenters. The summed E-state index contributed by atoms with van der Waals surface area (Å²) in [7, 11) is 1.64. The first-order chi connectivity index (χ1) is 20.1. The van der Waals surface area contributed by atoms with Gasteiger partial charge in [0.05, 0.1) is 33.3 Å². The van der Waals surface area contributed by atoms with E-state index in [-0.39, 0.29) is 11.9 Å². The van der Waals surface area contributed by atoms with Gasteiger partial charge < -0.3 is 24.0 Å². The average Bonchev–Trinajstić information content (AvgIpc) is 3.85. The van der Waals surface area contributed by atoms with Crippen LogP contribution in [0.4, 0.5) is 10.5 Å². The molecule has 0 unspecified atom stereocenters. The molecule has 3 aliphatic rings. The van der Waals surface area contributed by atoms with E-state index < -0.39 is 0 Å². The lowest BCUT2D eigenvalue weighted by Crippen LogP contribution is -2.49. The van der Waals surface area contributed by atoms with Gasteiger partial charge in [0.1, 0.15) is 11.5 Å². The van der Waals surface area contributed by atoms with Crippen LogP contribution in [0.1, 0.15) is 74.5 Å². The van der Waals surface area contributed by atoms with Crippen molar-refractivity contribution in [2.24, 2.45) is 0 Å². The number of methoxy groups -OCH3 is 1. The van der Waals surface area contributed by atoms with Crippen LogP contribution in [0, 0.1) is 0 Å². The molecular formula is C33H45N3O5. The van der Waals surface area contributed by atoms with Crippen molar-refractivity contribution in [3.8, 4) is 11.5 Å². The standard InChI is InChI=1S/C33H45N3O5/c1-3-4-5-19-41-31-23-28(12-13-29(31)26-10-11-26)36-16-6-14-35(33(36)38)24-27-9-8-25(21-30(27)39-2)22-32(37)34-15-7-18-40-20-17-34/h8-9,12-13,21,23,26H,3-7,10-11,14-20,22,24H2,1-2H3. The summed E-state index contributed by atoms with van der Waals surface area (Å²) in [4.78, 5) is 32.2. The lowest BCUT2D eigenvalue weighted by Gasteiger charge is -2.36. The number of unbranched alkanes of at least 4 members (excludes halogenated alkanes) is 2. The van der Waals surface area contributed by atoms with E-state index in [0.717, 1.165) is 61.2 Å². The van der Waals surface area contributed by atoms with Gasteiger partial charge in [-0.3, -0.25) is 9.69 Å². The van der Waals surface area contributed by atoms with E-state index in [9.17, 15) is 9.59 Å². The van der Waals surface area contributed by atoms with Gasteiger partial charge in [-0.05, 0) is 61.3 Å². The first-order valence-corrected chi connectivity index (χ1v) is 15.4. The zero-order valence-electron chi connectivity index (χ0n) is 24.7. The Balaban J connectivity index is 1.25. The van der Waals surface area contributed by atoms with Gasteiger partial charge in [0, 0.05) is 50.1 Å². The number of carbonyl (C=O) groups is 2. The van der Waals surface area contributed by atoms with Gasteiger partial charge >= 0.3 is 6.03 Å². The van der Waals surface area contributed by atoms with Crippen molar-refractivity contribution < 1.29 is 23.8 Å². The molecule has 0 radical (unpaired) electrons. The Morgan fingerprint density at radius 3 is 2.66 bits per heavy atom. The van der Waals surface area contributed by atoms with Gasteiger partial charge in [-0.25, -0.2) is 4.79 Å². The Labute approximate surface area is 244 Å². The van der Waals surface area contributed by atoms with E-state index in [2.05, 4.69) is 25.1 Å². The minimum atomic E-state index is -0.00274. The number of hydrogen-bond acceptors (Lipinski definition) is 5. The summed E-state index contributed by atoms with van der Waals surface area (Å²) in [6, 6.07) is 12.2. The van der Waals surface area contributed by atoms with Gasteiger partial charge in [0.15, 0.2) is 0 Å². The Morgan fingerprint density at radius 2 is 1.85 bits per heavy atom. The number of anilines is 1. The molecular weight excluding hydrogens is 518 g/mol. The molecule has 3 amide bonds. The fourth-order valence-corrected chi connectivity index (χ4v) is 5.77. The number of benzene rings is 2. The second-order valence-electron chi connectivity index (χ2n) is 11.4. The molecule has 0 spiro atoms. The van der Waals surface area contributed by atoms with Crippen LogP contribution in [0.15, 0.2) is 36.4 Å². The molecule has 0 N–H and O–H groups in total.